The summed E-state index contributed by atoms with van der Waals surface area (Å²) >= 11 is 0. The molecule has 6 heteroatoms. The van der Waals surface area contributed by atoms with Gasteiger partial charge in [0, 0.05) is 19.3 Å². The van der Waals surface area contributed by atoms with Crippen molar-refractivity contribution < 1.29 is 28.6 Å². The summed E-state index contributed by atoms with van der Waals surface area (Å²) in [5.74, 6) is -0.879. The molecule has 1 atom stereocenters. The molecule has 0 aromatic carbocycles. The van der Waals surface area contributed by atoms with Crippen LogP contribution in [-0.2, 0) is 28.6 Å². The Hall–Kier alpha value is -2.63. The molecule has 1 unspecified atom stereocenters. The molecule has 0 aliphatic carbocycles. The Balaban J connectivity index is 4.34. The lowest BCUT2D eigenvalue weighted by Gasteiger charge is -2.18. The van der Waals surface area contributed by atoms with E-state index in [4.69, 9.17) is 14.2 Å². The molecule has 0 heterocycles. The van der Waals surface area contributed by atoms with E-state index in [0.29, 0.717) is 19.3 Å². The Labute approximate surface area is 428 Å². The minimum atomic E-state index is -0.780. The van der Waals surface area contributed by atoms with E-state index in [9.17, 15) is 14.4 Å². The number of hydrogen-bond donors (Lipinski definition) is 0. The molecule has 69 heavy (non-hydrogen) atoms. The first-order chi connectivity index (χ1) is 34.0. The summed E-state index contributed by atoms with van der Waals surface area (Å²) < 4.78 is 16.9. The van der Waals surface area contributed by atoms with Crippen molar-refractivity contribution in [3.05, 3.63) is 48.6 Å². The van der Waals surface area contributed by atoms with Crippen LogP contribution in [0.1, 0.15) is 316 Å². The third kappa shape index (κ3) is 56.2. The quantitative estimate of drug-likeness (QED) is 0.0262. The molecule has 0 N–H and O–H groups in total. The SMILES string of the molecule is CCCCC/C=C\C/C=C\CCCCCCCC(=O)OC(COC(=O)CCCCCCCCCCC/C=C\C/C=C\CCCCCCC)COC(=O)CCCCCCCCCCCCCCCCC. The summed E-state index contributed by atoms with van der Waals surface area (Å²) in [6.07, 6.45) is 71.0. The van der Waals surface area contributed by atoms with Gasteiger partial charge in [0.2, 0.25) is 0 Å². The fourth-order valence-corrected chi connectivity index (χ4v) is 8.74. The van der Waals surface area contributed by atoms with Gasteiger partial charge in [-0.2, -0.15) is 0 Å². The number of allylic oxidation sites excluding steroid dienone is 8. The first kappa shape index (κ1) is 66.4. The molecule has 0 rings (SSSR count). The van der Waals surface area contributed by atoms with Crippen molar-refractivity contribution >= 4 is 17.9 Å². The first-order valence-corrected chi connectivity index (χ1v) is 30.1. The average Bonchev–Trinajstić information content (AvgIpc) is 3.35. The Morgan fingerprint density at radius 2 is 0.522 bits per heavy atom. The second-order valence-electron chi connectivity index (χ2n) is 20.3. The van der Waals surface area contributed by atoms with Crippen LogP contribution in [0.4, 0.5) is 0 Å². The Morgan fingerprint density at radius 3 is 0.826 bits per heavy atom. The molecule has 0 amide bonds. The molecule has 0 bridgehead atoms. The Bertz CT molecular complexity index is 1200. The zero-order chi connectivity index (χ0) is 50.0. The zero-order valence-electron chi connectivity index (χ0n) is 46.1. The number of hydrogen-bond acceptors (Lipinski definition) is 6. The van der Waals surface area contributed by atoms with E-state index in [2.05, 4.69) is 69.4 Å². The number of unbranched alkanes of at least 4 members (excludes halogenated alkanes) is 36. The molecule has 0 aromatic heterocycles. The van der Waals surface area contributed by atoms with Gasteiger partial charge < -0.3 is 14.2 Å². The Morgan fingerprint density at radius 1 is 0.290 bits per heavy atom. The van der Waals surface area contributed by atoms with Gasteiger partial charge in [-0.3, -0.25) is 14.4 Å². The average molecular weight is 968 g/mol. The van der Waals surface area contributed by atoms with Crippen molar-refractivity contribution in [1.29, 1.82) is 0 Å². The van der Waals surface area contributed by atoms with Crippen LogP contribution in [0.3, 0.4) is 0 Å². The van der Waals surface area contributed by atoms with E-state index in [0.717, 1.165) is 89.9 Å². The number of carbonyl (C=O) groups is 3. The number of esters is 3. The highest BCUT2D eigenvalue weighted by Crippen LogP contribution is 2.16. The summed E-state index contributed by atoms with van der Waals surface area (Å²) in [5, 5.41) is 0. The molecular formula is C63H114O6. The van der Waals surface area contributed by atoms with Gasteiger partial charge in [0.15, 0.2) is 6.10 Å². The molecule has 0 fully saturated rings. The molecule has 402 valence electrons. The minimum absolute atomic E-state index is 0.0770. The fraction of sp³-hybridized carbons (Fsp3) is 0.825. The highest BCUT2D eigenvalue weighted by molar-refractivity contribution is 5.71. The van der Waals surface area contributed by atoms with E-state index >= 15 is 0 Å². The van der Waals surface area contributed by atoms with Crippen LogP contribution < -0.4 is 0 Å². The monoisotopic (exact) mass is 967 g/mol. The fourth-order valence-electron chi connectivity index (χ4n) is 8.74. The van der Waals surface area contributed by atoms with E-state index < -0.39 is 6.10 Å². The largest absolute Gasteiger partial charge is 0.462 e. The maximum Gasteiger partial charge on any atom is 0.306 e. The summed E-state index contributed by atoms with van der Waals surface area (Å²) in [7, 11) is 0. The van der Waals surface area contributed by atoms with Crippen LogP contribution in [0.25, 0.3) is 0 Å². The number of ether oxygens (including phenoxy) is 3. The molecule has 0 spiro atoms. The maximum atomic E-state index is 12.9. The second-order valence-corrected chi connectivity index (χ2v) is 20.3. The predicted molar refractivity (Wildman–Crippen MR) is 298 cm³/mol. The Kier molecular flexibility index (Phi) is 55.7. The van der Waals surface area contributed by atoms with E-state index in [1.165, 1.54) is 186 Å². The van der Waals surface area contributed by atoms with Crippen LogP contribution in [0.15, 0.2) is 48.6 Å². The van der Waals surface area contributed by atoms with Crippen molar-refractivity contribution in [2.75, 3.05) is 13.2 Å². The molecular weight excluding hydrogens is 853 g/mol. The van der Waals surface area contributed by atoms with Crippen LogP contribution in [-0.4, -0.2) is 37.2 Å². The van der Waals surface area contributed by atoms with Gasteiger partial charge in [-0.1, -0.05) is 262 Å². The molecule has 0 saturated carbocycles. The van der Waals surface area contributed by atoms with Gasteiger partial charge in [0.1, 0.15) is 13.2 Å². The first-order valence-electron chi connectivity index (χ1n) is 30.1. The van der Waals surface area contributed by atoms with Gasteiger partial charge in [-0.05, 0) is 83.5 Å². The van der Waals surface area contributed by atoms with Crippen LogP contribution >= 0.6 is 0 Å². The lowest BCUT2D eigenvalue weighted by atomic mass is 10.0. The van der Waals surface area contributed by atoms with E-state index in [1.807, 2.05) is 0 Å². The molecule has 6 nitrogen and oxygen atoms in total. The smallest absolute Gasteiger partial charge is 0.306 e. The lowest BCUT2D eigenvalue weighted by molar-refractivity contribution is -0.167. The molecule has 0 radical (unpaired) electrons. The minimum Gasteiger partial charge on any atom is -0.462 e. The van der Waals surface area contributed by atoms with Gasteiger partial charge in [-0.15, -0.1) is 0 Å². The van der Waals surface area contributed by atoms with E-state index in [1.54, 1.807) is 0 Å². The molecule has 0 saturated heterocycles. The normalized spacial score (nSPS) is 12.3. The summed E-state index contributed by atoms with van der Waals surface area (Å²) in [5.41, 5.74) is 0. The van der Waals surface area contributed by atoms with Gasteiger partial charge in [-0.25, -0.2) is 0 Å². The summed E-state index contributed by atoms with van der Waals surface area (Å²) in [6.45, 7) is 6.63. The van der Waals surface area contributed by atoms with Crippen LogP contribution in [0, 0.1) is 0 Å². The van der Waals surface area contributed by atoms with Crippen molar-refractivity contribution in [3.63, 3.8) is 0 Å². The van der Waals surface area contributed by atoms with Crippen molar-refractivity contribution in [2.24, 2.45) is 0 Å². The molecule has 0 aliphatic heterocycles. The van der Waals surface area contributed by atoms with Crippen molar-refractivity contribution in [1.82, 2.24) is 0 Å². The van der Waals surface area contributed by atoms with E-state index in [-0.39, 0.29) is 31.1 Å². The summed E-state index contributed by atoms with van der Waals surface area (Å²) in [6, 6.07) is 0. The van der Waals surface area contributed by atoms with Gasteiger partial charge >= 0.3 is 17.9 Å². The van der Waals surface area contributed by atoms with Crippen LogP contribution in [0.2, 0.25) is 0 Å². The maximum absolute atomic E-state index is 12.9. The van der Waals surface area contributed by atoms with Gasteiger partial charge in [0.25, 0.3) is 0 Å². The topological polar surface area (TPSA) is 78.9 Å². The second kappa shape index (κ2) is 57.9. The zero-order valence-corrected chi connectivity index (χ0v) is 46.1. The predicted octanol–water partition coefficient (Wildman–Crippen LogP) is 20.2. The number of carbonyl (C=O) groups excluding carboxylic acids is 3. The third-order valence-corrected chi connectivity index (χ3v) is 13.3. The molecule has 0 aliphatic rings. The van der Waals surface area contributed by atoms with Crippen LogP contribution in [0.5, 0.6) is 0 Å². The summed E-state index contributed by atoms with van der Waals surface area (Å²) in [4.78, 5) is 38.2. The highest BCUT2D eigenvalue weighted by Gasteiger charge is 2.19. The number of rotatable bonds is 55. The van der Waals surface area contributed by atoms with Gasteiger partial charge in [0.05, 0.1) is 0 Å². The molecule has 0 aromatic rings. The third-order valence-electron chi connectivity index (χ3n) is 13.3. The standard InChI is InChI=1S/C63H114O6/c1-4-7-10-13-16-19-22-25-28-29-30-31-32-33-36-38-41-44-47-50-53-56-62(65)68-59-60(69-63(66)57-54-51-48-45-42-39-35-27-24-21-18-15-12-9-6-3)58-67-61(64)55-52-49-46-43-40-37-34-26-23-20-17-14-11-8-5-2/h18,21-22,25,27,29-30,35,60H,4-17,19-20,23-24,26,28,31-34,36-59H2,1-3H3/b21-18-,25-22-,30-29-,35-27-. The van der Waals surface area contributed by atoms with Crippen molar-refractivity contribution in [2.45, 2.75) is 322 Å². The highest BCUT2D eigenvalue weighted by atomic mass is 16.6. The van der Waals surface area contributed by atoms with Crippen molar-refractivity contribution in [3.8, 4) is 0 Å². The lowest BCUT2D eigenvalue weighted by Crippen LogP contribution is -2.30.